The summed E-state index contributed by atoms with van der Waals surface area (Å²) in [5.74, 6) is 0.0433. The van der Waals surface area contributed by atoms with Crippen molar-refractivity contribution >= 4 is 37.5 Å². The Balaban J connectivity index is 2.03. The number of aryl methyl sites for hydroxylation is 1. The Hall–Kier alpha value is -2.06. The van der Waals surface area contributed by atoms with E-state index >= 15 is 0 Å². The van der Waals surface area contributed by atoms with Gasteiger partial charge in [0.25, 0.3) is 15.9 Å². The van der Waals surface area contributed by atoms with Crippen LogP contribution in [0, 0.1) is 6.92 Å². The molecule has 1 unspecified atom stereocenters. The highest BCUT2D eigenvalue weighted by Crippen LogP contribution is 2.38. The van der Waals surface area contributed by atoms with Crippen molar-refractivity contribution < 1.29 is 17.9 Å². The number of benzene rings is 2. The number of fused-ring (bicyclic) bond motifs is 1. The summed E-state index contributed by atoms with van der Waals surface area (Å²) in [6.07, 6.45) is -0.127. The second-order valence-electron chi connectivity index (χ2n) is 6.34. The van der Waals surface area contributed by atoms with Crippen molar-refractivity contribution in [2.24, 2.45) is 0 Å². The van der Waals surface area contributed by atoms with Crippen LogP contribution in [0.4, 0.5) is 5.69 Å². The number of carbonyl (C=O) groups excluding carboxylic acids is 1. The zero-order valence-electron chi connectivity index (χ0n) is 15.1. The number of hydrogen-bond donors (Lipinski definition) is 1. The summed E-state index contributed by atoms with van der Waals surface area (Å²) in [6, 6.07) is 11.9. The van der Waals surface area contributed by atoms with Crippen LogP contribution in [-0.2, 0) is 14.8 Å². The topological polar surface area (TPSA) is 75.7 Å². The van der Waals surface area contributed by atoms with Gasteiger partial charge >= 0.3 is 0 Å². The maximum Gasteiger partial charge on any atom is 0.265 e. The minimum absolute atomic E-state index is 0.0881. The number of amides is 1. The molecule has 2 aromatic rings. The third-order valence-corrected chi connectivity index (χ3v) is 6.99. The molecule has 0 saturated carbocycles. The van der Waals surface area contributed by atoms with Crippen LogP contribution in [0.5, 0.6) is 5.75 Å². The molecular weight excluding hydrogens is 432 g/mol. The van der Waals surface area contributed by atoms with Crippen LogP contribution in [0.15, 0.2) is 51.8 Å². The van der Waals surface area contributed by atoms with Crippen molar-refractivity contribution in [2.45, 2.75) is 31.3 Å². The first-order valence-corrected chi connectivity index (χ1v) is 10.9. The van der Waals surface area contributed by atoms with Gasteiger partial charge in [-0.15, -0.1) is 0 Å². The summed E-state index contributed by atoms with van der Waals surface area (Å²) in [5, 5.41) is 2.77. The molecule has 0 fully saturated rings. The Morgan fingerprint density at radius 1 is 1.30 bits per heavy atom. The number of anilines is 1. The fourth-order valence-electron chi connectivity index (χ4n) is 2.86. The molecule has 1 aliphatic heterocycles. The molecule has 0 radical (unpaired) electrons. The van der Waals surface area contributed by atoms with E-state index in [9.17, 15) is 13.2 Å². The van der Waals surface area contributed by atoms with Gasteiger partial charge in [0.2, 0.25) is 0 Å². The van der Waals surface area contributed by atoms with Crippen LogP contribution in [0.25, 0.3) is 0 Å². The van der Waals surface area contributed by atoms with E-state index < -0.39 is 16.1 Å². The number of hydrogen-bond acceptors (Lipinski definition) is 4. The molecule has 0 bridgehead atoms. The molecule has 6 nitrogen and oxygen atoms in total. The number of ether oxygens (including phenoxy) is 1. The van der Waals surface area contributed by atoms with E-state index in [1.807, 2.05) is 13.8 Å². The van der Waals surface area contributed by atoms with Crippen LogP contribution in [0.1, 0.15) is 18.9 Å². The second kappa shape index (κ2) is 7.90. The lowest BCUT2D eigenvalue weighted by molar-refractivity contribution is -0.127. The highest BCUT2D eigenvalue weighted by Gasteiger charge is 2.38. The van der Waals surface area contributed by atoms with Gasteiger partial charge in [-0.2, -0.15) is 0 Å². The molecule has 0 spiro atoms. The van der Waals surface area contributed by atoms with Crippen LogP contribution in [0.3, 0.4) is 0 Å². The maximum atomic E-state index is 13.4. The number of carbonyl (C=O) groups is 1. The Kier molecular flexibility index (Phi) is 5.76. The fourth-order valence-corrected chi connectivity index (χ4v) is 5.49. The molecule has 2 aromatic carbocycles. The third-order valence-electron chi connectivity index (χ3n) is 4.23. The number of halogens is 1. The van der Waals surface area contributed by atoms with Gasteiger partial charge in [0.15, 0.2) is 6.10 Å². The zero-order valence-corrected chi connectivity index (χ0v) is 17.5. The second-order valence-corrected chi connectivity index (χ2v) is 9.02. The lowest BCUT2D eigenvalue weighted by Gasteiger charge is -2.34. The predicted octanol–water partition coefficient (Wildman–Crippen LogP) is 3.24. The minimum atomic E-state index is -3.88. The van der Waals surface area contributed by atoms with Gasteiger partial charge in [-0.25, -0.2) is 8.42 Å². The van der Waals surface area contributed by atoms with E-state index in [-0.39, 0.29) is 17.3 Å². The molecule has 1 N–H and O–H groups in total. The van der Waals surface area contributed by atoms with Crippen molar-refractivity contribution in [3.05, 3.63) is 52.5 Å². The van der Waals surface area contributed by atoms with Gasteiger partial charge in [0, 0.05) is 11.0 Å². The first-order valence-electron chi connectivity index (χ1n) is 8.67. The monoisotopic (exact) mass is 452 g/mol. The van der Waals surface area contributed by atoms with E-state index in [1.54, 1.807) is 42.5 Å². The van der Waals surface area contributed by atoms with Gasteiger partial charge in [-0.1, -0.05) is 25.1 Å². The number of nitrogens with one attached hydrogen (secondary N) is 1. The van der Waals surface area contributed by atoms with Crippen LogP contribution < -0.4 is 14.4 Å². The van der Waals surface area contributed by atoms with Gasteiger partial charge in [0.1, 0.15) is 10.6 Å². The van der Waals surface area contributed by atoms with Crippen molar-refractivity contribution in [1.29, 1.82) is 0 Å². The van der Waals surface area contributed by atoms with E-state index in [2.05, 4.69) is 21.2 Å². The van der Waals surface area contributed by atoms with Crippen molar-refractivity contribution in [1.82, 2.24) is 5.32 Å². The molecule has 3 rings (SSSR count). The highest BCUT2D eigenvalue weighted by molar-refractivity contribution is 9.10. The quantitative estimate of drug-likeness (QED) is 0.755. The molecule has 8 heteroatoms. The first kappa shape index (κ1) is 19.7. The van der Waals surface area contributed by atoms with Crippen LogP contribution >= 0.6 is 15.9 Å². The van der Waals surface area contributed by atoms with Gasteiger partial charge < -0.3 is 10.1 Å². The van der Waals surface area contributed by atoms with E-state index in [0.29, 0.717) is 22.5 Å². The lowest BCUT2D eigenvalue weighted by atomic mass is 10.2. The van der Waals surface area contributed by atoms with Gasteiger partial charge in [0.05, 0.1) is 12.2 Å². The summed E-state index contributed by atoms with van der Waals surface area (Å²) >= 11 is 3.35. The number of rotatable bonds is 5. The molecule has 1 atom stereocenters. The molecular formula is C19H21BrN2O4S. The van der Waals surface area contributed by atoms with E-state index in [4.69, 9.17) is 4.74 Å². The largest absolute Gasteiger partial charge is 0.476 e. The number of para-hydroxylation sites is 2. The Labute approximate surface area is 167 Å². The summed E-state index contributed by atoms with van der Waals surface area (Å²) in [7, 11) is -3.88. The summed E-state index contributed by atoms with van der Waals surface area (Å²) in [5.41, 5.74) is 1.37. The molecule has 1 heterocycles. The summed E-state index contributed by atoms with van der Waals surface area (Å²) in [4.78, 5) is 12.6. The smallest absolute Gasteiger partial charge is 0.265 e. The first-order chi connectivity index (χ1) is 12.8. The minimum Gasteiger partial charge on any atom is -0.476 e. The van der Waals surface area contributed by atoms with Crippen molar-refractivity contribution in [3.8, 4) is 5.75 Å². The Bertz CT molecular complexity index is 962. The highest BCUT2D eigenvalue weighted by atomic mass is 79.9. The number of sulfonamides is 1. The Morgan fingerprint density at radius 3 is 2.74 bits per heavy atom. The average Bonchev–Trinajstić information content (AvgIpc) is 2.64. The summed E-state index contributed by atoms with van der Waals surface area (Å²) in [6.45, 7) is 4.26. The molecule has 0 aliphatic carbocycles. The lowest BCUT2D eigenvalue weighted by Crippen LogP contribution is -2.50. The zero-order chi connectivity index (χ0) is 19.6. The van der Waals surface area contributed by atoms with Crippen molar-refractivity contribution in [2.75, 3.05) is 17.4 Å². The molecule has 144 valence electrons. The average molecular weight is 453 g/mol. The molecule has 0 saturated heterocycles. The maximum absolute atomic E-state index is 13.4. The van der Waals surface area contributed by atoms with Gasteiger partial charge in [-0.05, 0) is 59.1 Å². The standard InChI is InChI=1S/C19H21BrN2O4S/c1-3-10-21-19(23)17-12-22(15-6-4-5-7-16(15)26-17)27(24,25)18-9-8-13(2)11-14(18)20/h4-9,11,17H,3,10,12H2,1-2H3,(H,21,23). The molecule has 27 heavy (non-hydrogen) atoms. The molecule has 1 aliphatic rings. The van der Waals surface area contributed by atoms with Crippen LogP contribution in [0.2, 0.25) is 0 Å². The van der Waals surface area contributed by atoms with E-state index in [0.717, 1.165) is 12.0 Å². The predicted molar refractivity (Wildman–Crippen MR) is 108 cm³/mol. The summed E-state index contributed by atoms with van der Waals surface area (Å²) < 4.78 is 34.2. The SMILES string of the molecule is CCCNC(=O)C1CN(S(=O)(=O)c2ccc(C)cc2Br)c2ccccc2O1. The van der Waals surface area contributed by atoms with Crippen LogP contribution in [-0.4, -0.2) is 33.5 Å². The van der Waals surface area contributed by atoms with E-state index in [1.165, 1.54) is 4.31 Å². The normalized spacial score (nSPS) is 16.4. The van der Waals surface area contributed by atoms with Gasteiger partial charge in [-0.3, -0.25) is 9.10 Å². The third kappa shape index (κ3) is 3.96. The molecule has 0 aromatic heterocycles. The number of nitrogens with zero attached hydrogens (tertiary/aromatic N) is 1. The fraction of sp³-hybridized carbons (Fsp3) is 0.316. The molecule has 1 amide bonds. The Morgan fingerprint density at radius 2 is 2.04 bits per heavy atom. The van der Waals surface area contributed by atoms with Crippen molar-refractivity contribution in [3.63, 3.8) is 0 Å².